The maximum atomic E-state index is 10.6. The fourth-order valence-electron chi connectivity index (χ4n) is 0.973. The predicted molar refractivity (Wildman–Crippen MR) is 61.1 cm³/mol. The topological polar surface area (TPSA) is 121 Å². The van der Waals surface area contributed by atoms with Crippen molar-refractivity contribution in [2.45, 2.75) is 18.6 Å². The van der Waals surface area contributed by atoms with Crippen molar-refractivity contribution in [3.63, 3.8) is 0 Å². The summed E-state index contributed by atoms with van der Waals surface area (Å²) < 4.78 is 31.7. The fourth-order valence-corrected chi connectivity index (χ4v) is 0.973. The van der Waals surface area contributed by atoms with Crippen molar-refractivity contribution in [2.75, 3.05) is 0 Å². The summed E-state index contributed by atoms with van der Waals surface area (Å²) in [7, 11) is 0. The van der Waals surface area contributed by atoms with Gasteiger partial charge in [-0.3, -0.25) is 4.79 Å². The number of nitrogens with two attached hydrogens (primary N) is 1. The first-order valence-corrected chi connectivity index (χ1v) is 5.10. The molecule has 0 heterocycles. The van der Waals surface area contributed by atoms with E-state index in [0.717, 1.165) is 5.56 Å². The van der Waals surface area contributed by atoms with E-state index < -0.39 is 24.2 Å². The average molecular weight is 295 g/mol. The molecule has 0 aliphatic rings. The summed E-state index contributed by atoms with van der Waals surface area (Å²) in [6, 6.07) is 5.42. The molecule has 0 saturated carbocycles. The van der Waals surface area contributed by atoms with Gasteiger partial charge in [0.2, 0.25) is 0 Å². The first-order chi connectivity index (χ1) is 9.04. The minimum absolute atomic E-state index is 0.160. The second-order valence-electron chi connectivity index (χ2n) is 3.62. The molecule has 0 saturated heterocycles. The number of aromatic hydroxyl groups is 1. The summed E-state index contributed by atoms with van der Waals surface area (Å²) in [4.78, 5) is 19.3. The van der Waals surface area contributed by atoms with E-state index in [9.17, 15) is 18.0 Å². The average Bonchev–Trinajstić information content (AvgIpc) is 2.31. The Morgan fingerprint density at radius 1 is 1.15 bits per heavy atom. The van der Waals surface area contributed by atoms with E-state index in [-0.39, 0.29) is 12.2 Å². The number of phenolic OH excluding ortho intramolecular Hbond substituents is 1. The van der Waals surface area contributed by atoms with Gasteiger partial charge in [0.25, 0.3) is 0 Å². The molecule has 9 heteroatoms. The number of hydrogen-bond acceptors (Lipinski definition) is 4. The van der Waals surface area contributed by atoms with Crippen molar-refractivity contribution >= 4 is 11.9 Å². The third-order valence-electron chi connectivity index (χ3n) is 1.95. The van der Waals surface area contributed by atoms with Gasteiger partial charge in [0.15, 0.2) is 0 Å². The van der Waals surface area contributed by atoms with E-state index in [1.165, 1.54) is 12.1 Å². The lowest BCUT2D eigenvalue weighted by Gasteiger charge is -2.05. The van der Waals surface area contributed by atoms with E-state index in [4.69, 9.17) is 25.8 Å². The van der Waals surface area contributed by atoms with Gasteiger partial charge in [0.1, 0.15) is 11.8 Å². The van der Waals surface area contributed by atoms with Crippen molar-refractivity contribution in [3.8, 4) is 5.75 Å². The second-order valence-corrected chi connectivity index (χ2v) is 3.62. The second kappa shape index (κ2) is 7.34. The van der Waals surface area contributed by atoms with Crippen LogP contribution in [-0.4, -0.2) is 39.5 Å². The van der Waals surface area contributed by atoms with Gasteiger partial charge in [0.05, 0.1) is 0 Å². The molecule has 1 rings (SSSR count). The Morgan fingerprint density at radius 3 is 1.85 bits per heavy atom. The Labute approximate surface area is 111 Å². The highest BCUT2D eigenvalue weighted by molar-refractivity contribution is 5.73. The number of aliphatic carboxylic acids is 2. The van der Waals surface area contributed by atoms with Crippen LogP contribution in [0.4, 0.5) is 13.2 Å². The van der Waals surface area contributed by atoms with Crippen LogP contribution in [0.2, 0.25) is 0 Å². The molecule has 5 N–H and O–H groups in total. The molecule has 0 spiro atoms. The maximum Gasteiger partial charge on any atom is 0.490 e. The number of benzene rings is 1. The normalized spacial score (nSPS) is 12.0. The zero-order chi connectivity index (χ0) is 15.9. The molecule has 1 aromatic carbocycles. The van der Waals surface area contributed by atoms with Crippen LogP contribution in [0.15, 0.2) is 24.3 Å². The number of carboxylic acid groups (broad SMARTS) is 2. The molecule has 6 nitrogen and oxygen atoms in total. The van der Waals surface area contributed by atoms with Crippen LogP contribution in [0.25, 0.3) is 0 Å². The highest BCUT2D eigenvalue weighted by atomic mass is 19.4. The first kappa shape index (κ1) is 17.7. The van der Waals surface area contributed by atoms with Gasteiger partial charge in [-0.2, -0.15) is 13.2 Å². The van der Waals surface area contributed by atoms with Crippen LogP contribution in [0.3, 0.4) is 0 Å². The molecule has 0 fully saturated rings. The van der Waals surface area contributed by atoms with Crippen molar-refractivity contribution < 1.29 is 38.1 Å². The summed E-state index contributed by atoms with van der Waals surface area (Å²) in [5.74, 6) is -3.62. The van der Waals surface area contributed by atoms with Gasteiger partial charge in [-0.25, -0.2) is 4.79 Å². The number of carboxylic acids is 2. The highest BCUT2D eigenvalue weighted by Gasteiger charge is 2.38. The maximum absolute atomic E-state index is 10.6. The largest absolute Gasteiger partial charge is 0.508 e. The first-order valence-electron chi connectivity index (χ1n) is 5.10. The molecule has 0 amide bonds. The summed E-state index contributed by atoms with van der Waals surface area (Å²) in [6.07, 6.45) is -4.81. The molecule has 112 valence electrons. The molecule has 1 unspecified atom stereocenters. The Hall–Kier alpha value is -2.29. The van der Waals surface area contributed by atoms with Gasteiger partial charge in [-0.1, -0.05) is 12.1 Å². The molecule has 1 aromatic rings. The van der Waals surface area contributed by atoms with Gasteiger partial charge in [-0.15, -0.1) is 0 Å². The third kappa shape index (κ3) is 7.21. The zero-order valence-corrected chi connectivity index (χ0v) is 9.96. The summed E-state index contributed by atoms with van der Waals surface area (Å²) in [6.45, 7) is 0. The Bertz CT molecular complexity index is 458. The summed E-state index contributed by atoms with van der Waals surface area (Å²) in [5.41, 5.74) is 6.12. The van der Waals surface area contributed by atoms with Crippen LogP contribution >= 0.6 is 0 Å². The van der Waals surface area contributed by atoms with Crippen LogP contribution in [0.5, 0.6) is 5.75 Å². The summed E-state index contributed by atoms with van der Waals surface area (Å²) >= 11 is 0. The molecule has 0 aliphatic carbocycles. The molecule has 0 radical (unpaired) electrons. The van der Waals surface area contributed by atoms with E-state index in [1.54, 1.807) is 12.1 Å². The van der Waals surface area contributed by atoms with Gasteiger partial charge < -0.3 is 21.1 Å². The molecule has 0 aliphatic heterocycles. The third-order valence-corrected chi connectivity index (χ3v) is 1.95. The SMILES string of the molecule is NC(Cc1ccc(O)cc1)C(=O)O.O=C(O)C(F)(F)F. The predicted octanol–water partition coefficient (Wildman–Crippen LogP) is 0.980. The fraction of sp³-hybridized carbons (Fsp3) is 0.273. The van der Waals surface area contributed by atoms with Crippen LogP contribution < -0.4 is 5.73 Å². The Morgan fingerprint density at radius 2 is 1.55 bits per heavy atom. The highest BCUT2D eigenvalue weighted by Crippen LogP contribution is 2.13. The minimum atomic E-state index is -5.08. The Balaban J connectivity index is 0.000000441. The lowest BCUT2D eigenvalue weighted by atomic mass is 10.1. The lowest BCUT2D eigenvalue weighted by molar-refractivity contribution is -0.192. The number of phenols is 1. The van der Waals surface area contributed by atoms with Crippen LogP contribution in [0.1, 0.15) is 5.56 Å². The molecule has 0 aromatic heterocycles. The van der Waals surface area contributed by atoms with E-state index >= 15 is 0 Å². The van der Waals surface area contributed by atoms with Crippen molar-refractivity contribution in [2.24, 2.45) is 5.73 Å². The van der Waals surface area contributed by atoms with E-state index in [2.05, 4.69) is 0 Å². The number of rotatable bonds is 3. The molecule has 1 atom stereocenters. The molecular formula is C11H12F3NO5. The van der Waals surface area contributed by atoms with Crippen LogP contribution in [-0.2, 0) is 16.0 Å². The van der Waals surface area contributed by atoms with Crippen molar-refractivity contribution in [3.05, 3.63) is 29.8 Å². The number of carbonyl (C=O) groups is 2. The van der Waals surface area contributed by atoms with E-state index in [0.29, 0.717) is 0 Å². The Kier molecular flexibility index (Phi) is 6.50. The van der Waals surface area contributed by atoms with Gasteiger partial charge in [-0.05, 0) is 24.1 Å². The standard InChI is InChI=1S/C9H11NO3.C2HF3O2/c10-8(9(12)13)5-6-1-3-7(11)4-2-6;3-2(4,5)1(6)7/h1-4,8,11H,5,10H2,(H,12,13);(H,6,7). The van der Waals surface area contributed by atoms with E-state index in [1.807, 2.05) is 0 Å². The molecular weight excluding hydrogens is 283 g/mol. The van der Waals surface area contributed by atoms with Gasteiger partial charge >= 0.3 is 18.1 Å². The molecule has 0 bridgehead atoms. The lowest BCUT2D eigenvalue weighted by Crippen LogP contribution is -2.32. The van der Waals surface area contributed by atoms with Gasteiger partial charge in [0, 0.05) is 0 Å². The quantitative estimate of drug-likeness (QED) is 0.659. The summed E-state index contributed by atoms with van der Waals surface area (Å²) in [5, 5.41) is 24.6. The number of halogens is 3. The van der Waals surface area contributed by atoms with Crippen molar-refractivity contribution in [1.82, 2.24) is 0 Å². The molecule has 20 heavy (non-hydrogen) atoms. The van der Waals surface area contributed by atoms with Crippen molar-refractivity contribution in [1.29, 1.82) is 0 Å². The zero-order valence-electron chi connectivity index (χ0n) is 9.96. The smallest absolute Gasteiger partial charge is 0.490 e. The van der Waals surface area contributed by atoms with Crippen LogP contribution in [0, 0.1) is 0 Å². The number of hydrogen-bond donors (Lipinski definition) is 4. The minimum Gasteiger partial charge on any atom is -0.508 e. The monoisotopic (exact) mass is 295 g/mol. The number of alkyl halides is 3.